The van der Waals surface area contributed by atoms with Crippen molar-refractivity contribution in [3.63, 3.8) is 0 Å². The van der Waals surface area contributed by atoms with E-state index < -0.39 is 0 Å². The van der Waals surface area contributed by atoms with Gasteiger partial charge in [-0.3, -0.25) is 9.08 Å². The van der Waals surface area contributed by atoms with E-state index in [1.54, 1.807) is 6.20 Å². The van der Waals surface area contributed by atoms with Crippen molar-refractivity contribution >= 4 is 11.5 Å². The van der Waals surface area contributed by atoms with Crippen molar-refractivity contribution in [3.8, 4) is 0 Å². The molecule has 0 aromatic carbocycles. The number of hydrogen-bond acceptors (Lipinski definition) is 5. The Bertz CT molecular complexity index is 725. The SMILES string of the molecule is Cc1nn(C)cc1CNc1nccn2c(C)nnc12. The van der Waals surface area contributed by atoms with Crippen LogP contribution in [-0.2, 0) is 13.6 Å². The second kappa shape index (κ2) is 4.34. The van der Waals surface area contributed by atoms with Crippen LogP contribution in [0.3, 0.4) is 0 Å². The highest BCUT2D eigenvalue weighted by Crippen LogP contribution is 2.14. The maximum Gasteiger partial charge on any atom is 0.203 e. The van der Waals surface area contributed by atoms with Crippen LogP contribution in [0.4, 0.5) is 5.82 Å². The summed E-state index contributed by atoms with van der Waals surface area (Å²) < 4.78 is 3.72. The molecule has 0 aliphatic rings. The monoisotopic (exact) mass is 257 g/mol. The van der Waals surface area contributed by atoms with Crippen molar-refractivity contribution in [1.82, 2.24) is 29.4 Å². The van der Waals surface area contributed by atoms with Gasteiger partial charge in [-0.05, 0) is 13.8 Å². The van der Waals surface area contributed by atoms with Gasteiger partial charge in [0, 0.05) is 37.7 Å². The highest BCUT2D eigenvalue weighted by molar-refractivity contribution is 5.62. The number of fused-ring (bicyclic) bond motifs is 1. The van der Waals surface area contributed by atoms with E-state index in [4.69, 9.17) is 0 Å². The third-order valence-corrected chi connectivity index (χ3v) is 3.06. The first kappa shape index (κ1) is 11.6. The number of aromatic nitrogens is 6. The predicted octanol–water partition coefficient (Wildman–Crippen LogP) is 1.09. The van der Waals surface area contributed by atoms with Gasteiger partial charge in [-0.25, -0.2) is 4.98 Å². The molecule has 0 amide bonds. The quantitative estimate of drug-likeness (QED) is 0.760. The molecule has 3 heterocycles. The first-order valence-electron chi connectivity index (χ1n) is 6.04. The molecule has 19 heavy (non-hydrogen) atoms. The molecule has 0 fully saturated rings. The van der Waals surface area contributed by atoms with Crippen LogP contribution >= 0.6 is 0 Å². The summed E-state index contributed by atoms with van der Waals surface area (Å²) in [6, 6.07) is 0. The van der Waals surface area contributed by atoms with Gasteiger partial charge in [0.2, 0.25) is 5.65 Å². The zero-order chi connectivity index (χ0) is 13.4. The normalized spacial score (nSPS) is 11.1. The van der Waals surface area contributed by atoms with E-state index in [1.807, 2.05) is 42.4 Å². The lowest BCUT2D eigenvalue weighted by molar-refractivity contribution is 0.756. The molecule has 3 rings (SSSR count). The van der Waals surface area contributed by atoms with Crippen LogP contribution in [0.15, 0.2) is 18.6 Å². The van der Waals surface area contributed by atoms with E-state index in [0.717, 1.165) is 28.5 Å². The molecule has 3 aromatic heterocycles. The molecule has 0 saturated heterocycles. The van der Waals surface area contributed by atoms with E-state index in [1.165, 1.54) is 0 Å². The summed E-state index contributed by atoms with van der Waals surface area (Å²) in [5.74, 6) is 1.57. The fourth-order valence-corrected chi connectivity index (χ4v) is 2.07. The van der Waals surface area contributed by atoms with Crippen molar-refractivity contribution in [2.75, 3.05) is 5.32 Å². The molecule has 0 atom stereocenters. The highest BCUT2D eigenvalue weighted by Gasteiger charge is 2.08. The lowest BCUT2D eigenvalue weighted by Crippen LogP contribution is -2.04. The second-order valence-corrected chi connectivity index (χ2v) is 4.48. The van der Waals surface area contributed by atoms with Gasteiger partial charge in [0.15, 0.2) is 5.82 Å². The fraction of sp³-hybridized carbons (Fsp3) is 0.333. The van der Waals surface area contributed by atoms with Crippen molar-refractivity contribution in [3.05, 3.63) is 35.7 Å². The molecule has 0 radical (unpaired) electrons. The maximum absolute atomic E-state index is 4.31. The predicted molar refractivity (Wildman–Crippen MR) is 70.8 cm³/mol. The summed E-state index contributed by atoms with van der Waals surface area (Å²) in [7, 11) is 1.91. The average Bonchev–Trinajstić information content (AvgIpc) is 2.91. The Labute approximate surface area is 110 Å². The van der Waals surface area contributed by atoms with Gasteiger partial charge in [0.25, 0.3) is 0 Å². The molecular weight excluding hydrogens is 242 g/mol. The zero-order valence-electron chi connectivity index (χ0n) is 11.1. The molecule has 7 heteroatoms. The lowest BCUT2D eigenvalue weighted by atomic mass is 10.2. The fourth-order valence-electron chi connectivity index (χ4n) is 2.07. The Hall–Kier alpha value is -2.44. The molecule has 7 nitrogen and oxygen atoms in total. The molecule has 1 N–H and O–H groups in total. The maximum atomic E-state index is 4.31. The van der Waals surface area contributed by atoms with Crippen molar-refractivity contribution < 1.29 is 0 Å². The lowest BCUT2D eigenvalue weighted by Gasteiger charge is -2.05. The summed E-state index contributed by atoms with van der Waals surface area (Å²) in [6.07, 6.45) is 5.59. The smallest absolute Gasteiger partial charge is 0.203 e. The van der Waals surface area contributed by atoms with Crippen LogP contribution in [-0.4, -0.2) is 29.4 Å². The molecule has 0 unspecified atom stereocenters. The van der Waals surface area contributed by atoms with Crippen LogP contribution < -0.4 is 5.32 Å². The molecule has 98 valence electrons. The van der Waals surface area contributed by atoms with Crippen LogP contribution in [0.1, 0.15) is 17.1 Å². The minimum atomic E-state index is 0.665. The van der Waals surface area contributed by atoms with Crippen LogP contribution in [0.2, 0.25) is 0 Å². The van der Waals surface area contributed by atoms with Gasteiger partial charge in [-0.2, -0.15) is 5.10 Å². The van der Waals surface area contributed by atoms with Gasteiger partial charge < -0.3 is 5.32 Å². The molecule has 0 bridgehead atoms. The average molecular weight is 257 g/mol. The molecule has 3 aromatic rings. The highest BCUT2D eigenvalue weighted by atomic mass is 15.3. The van der Waals surface area contributed by atoms with E-state index >= 15 is 0 Å². The number of nitrogens with one attached hydrogen (secondary N) is 1. The third-order valence-electron chi connectivity index (χ3n) is 3.06. The third kappa shape index (κ3) is 2.03. The second-order valence-electron chi connectivity index (χ2n) is 4.48. The summed E-state index contributed by atoms with van der Waals surface area (Å²) in [5.41, 5.74) is 2.89. The molecule has 0 aliphatic carbocycles. The van der Waals surface area contributed by atoms with Crippen LogP contribution in [0, 0.1) is 13.8 Å². The minimum absolute atomic E-state index is 0.665. The topological polar surface area (TPSA) is 72.9 Å². The van der Waals surface area contributed by atoms with Gasteiger partial charge in [-0.1, -0.05) is 0 Å². The van der Waals surface area contributed by atoms with Gasteiger partial charge >= 0.3 is 0 Å². The van der Waals surface area contributed by atoms with E-state index in [-0.39, 0.29) is 0 Å². The van der Waals surface area contributed by atoms with E-state index in [2.05, 4.69) is 25.6 Å². The number of rotatable bonds is 3. The Kier molecular flexibility index (Phi) is 2.66. The van der Waals surface area contributed by atoms with Crippen LogP contribution in [0.5, 0.6) is 0 Å². The standard InChI is InChI=1S/C12H15N7/c1-8-10(7-18(3)17-8)6-14-11-12-16-15-9(2)19(12)5-4-13-11/h4-5,7H,6H2,1-3H3,(H,13,14). The number of hydrogen-bond donors (Lipinski definition) is 1. The summed E-state index contributed by atoms with van der Waals surface area (Å²) in [4.78, 5) is 4.31. The first-order chi connectivity index (χ1) is 9.15. The summed E-state index contributed by atoms with van der Waals surface area (Å²) >= 11 is 0. The van der Waals surface area contributed by atoms with E-state index in [0.29, 0.717) is 6.54 Å². The van der Waals surface area contributed by atoms with E-state index in [9.17, 15) is 0 Å². The Morgan fingerprint density at radius 1 is 1.26 bits per heavy atom. The largest absolute Gasteiger partial charge is 0.363 e. The number of anilines is 1. The molecule has 0 saturated carbocycles. The first-order valence-corrected chi connectivity index (χ1v) is 6.04. The molecular formula is C12H15N7. The molecule has 0 spiro atoms. The summed E-state index contributed by atoms with van der Waals surface area (Å²) in [5, 5.41) is 15.8. The Morgan fingerprint density at radius 3 is 2.84 bits per heavy atom. The van der Waals surface area contributed by atoms with Gasteiger partial charge in [-0.15, -0.1) is 10.2 Å². The number of nitrogens with zero attached hydrogens (tertiary/aromatic N) is 6. The molecule has 0 aliphatic heterocycles. The minimum Gasteiger partial charge on any atom is -0.363 e. The van der Waals surface area contributed by atoms with Crippen LogP contribution in [0.25, 0.3) is 5.65 Å². The Balaban J connectivity index is 1.88. The number of aryl methyl sites for hydroxylation is 3. The summed E-state index contributed by atoms with van der Waals surface area (Å²) in [6.45, 7) is 4.57. The zero-order valence-corrected chi connectivity index (χ0v) is 11.1. The van der Waals surface area contributed by atoms with Crippen molar-refractivity contribution in [2.45, 2.75) is 20.4 Å². The van der Waals surface area contributed by atoms with Crippen molar-refractivity contribution in [1.29, 1.82) is 0 Å². The van der Waals surface area contributed by atoms with Gasteiger partial charge in [0.1, 0.15) is 5.82 Å². The van der Waals surface area contributed by atoms with Gasteiger partial charge in [0.05, 0.1) is 5.69 Å². The Morgan fingerprint density at radius 2 is 2.11 bits per heavy atom. The van der Waals surface area contributed by atoms with Crippen molar-refractivity contribution in [2.24, 2.45) is 7.05 Å².